The highest BCUT2D eigenvalue weighted by Crippen LogP contribution is 2.25. The minimum atomic E-state index is -3.85. The summed E-state index contributed by atoms with van der Waals surface area (Å²) in [6, 6.07) is 13.3. The fraction of sp³-hybridized carbons (Fsp3) is 0.0667. The Morgan fingerprint density at radius 2 is 1.90 bits per heavy atom. The molecule has 2 aromatic heterocycles. The number of benzene rings is 1. The van der Waals surface area contributed by atoms with Gasteiger partial charge in [0.05, 0.1) is 4.90 Å². The molecule has 0 bridgehead atoms. The molecule has 2 heterocycles. The van der Waals surface area contributed by atoms with E-state index in [9.17, 15) is 13.7 Å². The summed E-state index contributed by atoms with van der Waals surface area (Å²) < 4.78 is 26.5. The summed E-state index contributed by atoms with van der Waals surface area (Å²) in [7, 11) is -3.85. The smallest absolute Gasteiger partial charge is 0.237 e. The summed E-state index contributed by atoms with van der Waals surface area (Å²) in [5, 5.41) is 9.92. The normalized spacial score (nSPS) is 11.4. The maximum absolute atomic E-state index is 12.8. The van der Waals surface area contributed by atoms with Gasteiger partial charge in [-0.05, 0) is 36.8 Å². The van der Waals surface area contributed by atoms with E-state index in [1.54, 1.807) is 30.3 Å². The number of hydrogen-bond donors (Lipinski definition) is 0. The van der Waals surface area contributed by atoms with Crippen molar-refractivity contribution in [3.8, 4) is 6.07 Å². The van der Waals surface area contributed by atoms with E-state index < -0.39 is 10.0 Å². The first-order valence-electron chi connectivity index (χ1n) is 6.23. The van der Waals surface area contributed by atoms with Crippen LogP contribution in [0.1, 0.15) is 11.3 Å². The van der Waals surface area contributed by atoms with Crippen molar-refractivity contribution in [3.05, 3.63) is 59.9 Å². The first kappa shape index (κ1) is 13.3. The standard InChI is InChI=1S/C15H11N3O2S/c1-11-7-8-17-15-14(11)9-12(10-16)18(15)21(19,20)13-5-3-2-4-6-13/h2-9H,1H3. The Hall–Kier alpha value is -2.65. The van der Waals surface area contributed by atoms with Gasteiger partial charge in [-0.2, -0.15) is 5.26 Å². The minimum Gasteiger partial charge on any atom is -0.237 e. The number of nitrogens with zero attached hydrogens (tertiary/aromatic N) is 3. The molecule has 21 heavy (non-hydrogen) atoms. The SMILES string of the molecule is Cc1ccnc2c1cc(C#N)n2S(=O)(=O)c1ccccc1. The van der Waals surface area contributed by atoms with Crippen LogP contribution in [0.4, 0.5) is 0 Å². The van der Waals surface area contributed by atoms with Gasteiger partial charge in [0.2, 0.25) is 0 Å². The lowest BCUT2D eigenvalue weighted by atomic mass is 10.2. The molecule has 3 rings (SSSR count). The highest BCUT2D eigenvalue weighted by molar-refractivity contribution is 7.90. The second-order valence-corrected chi connectivity index (χ2v) is 6.38. The van der Waals surface area contributed by atoms with Gasteiger partial charge in [-0.3, -0.25) is 0 Å². The van der Waals surface area contributed by atoms with Crippen LogP contribution >= 0.6 is 0 Å². The summed E-state index contributed by atoms with van der Waals surface area (Å²) >= 11 is 0. The minimum absolute atomic E-state index is 0.0515. The molecule has 0 aliphatic heterocycles. The first-order valence-corrected chi connectivity index (χ1v) is 7.67. The van der Waals surface area contributed by atoms with Crippen molar-refractivity contribution in [2.75, 3.05) is 0 Å². The van der Waals surface area contributed by atoms with Crippen LogP contribution in [0, 0.1) is 18.3 Å². The molecular formula is C15H11N3O2S. The van der Waals surface area contributed by atoms with Gasteiger partial charge in [0, 0.05) is 11.6 Å². The Bertz CT molecular complexity index is 967. The predicted molar refractivity (Wildman–Crippen MR) is 78.2 cm³/mol. The molecular weight excluding hydrogens is 286 g/mol. The fourth-order valence-electron chi connectivity index (χ4n) is 2.22. The van der Waals surface area contributed by atoms with Crippen LogP contribution < -0.4 is 0 Å². The summed E-state index contributed by atoms with van der Waals surface area (Å²) in [5.41, 5.74) is 1.20. The number of fused-ring (bicyclic) bond motifs is 1. The van der Waals surface area contributed by atoms with Crippen molar-refractivity contribution in [2.24, 2.45) is 0 Å². The van der Waals surface area contributed by atoms with Gasteiger partial charge in [-0.25, -0.2) is 17.4 Å². The van der Waals surface area contributed by atoms with Crippen LogP contribution in [0.3, 0.4) is 0 Å². The molecule has 104 valence electrons. The van der Waals surface area contributed by atoms with E-state index in [4.69, 9.17) is 0 Å². The second-order valence-electron chi connectivity index (χ2n) is 4.59. The van der Waals surface area contributed by atoms with E-state index in [1.165, 1.54) is 18.3 Å². The molecule has 0 amide bonds. The predicted octanol–water partition coefficient (Wildman–Crippen LogP) is 2.45. The molecule has 0 fully saturated rings. The third kappa shape index (κ3) is 1.99. The Morgan fingerprint density at radius 3 is 2.57 bits per heavy atom. The highest BCUT2D eigenvalue weighted by atomic mass is 32.2. The molecule has 0 saturated carbocycles. The van der Waals surface area contributed by atoms with Crippen LogP contribution in [0.15, 0.2) is 53.6 Å². The fourth-order valence-corrected chi connectivity index (χ4v) is 3.66. The topological polar surface area (TPSA) is 75.8 Å². The lowest BCUT2D eigenvalue weighted by Crippen LogP contribution is -2.15. The number of aryl methyl sites for hydroxylation is 1. The average Bonchev–Trinajstić information content (AvgIpc) is 2.89. The monoisotopic (exact) mass is 297 g/mol. The van der Waals surface area contributed by atoms with Crippen molar-refractivity contribution >= 4 is 21.1 Å². The van der Waals surface area contributed by atoms with Gasteiger partial charge in [-0.1, -0.05) is 18.2 Å². The van der Waals surface area contributed by atoms with Crippen molar-refractivity contribution in [3.63, 3.8) is 0 Å². The Kier molecular flexibility index (Phi) is 3.00. The molecule has 0 N–H and O–H groups in total. The molecule has 5 nitrogen and oxygen atoms in total. The molecule has 0 saturated heterocycles. The largest absolute Gasteiger partial charge is 0.270 e. The van der Waals surface area contributed by atoms with E-state index in [0.29, 0.717) is 5.39 Å². The molecule has 0 atom stereocenters. The van der Waals surface area contributed by atoms with Crippen LogP contribution in [-0.2, 0) is 10.0 Å². The molecule has 1 aromatic carbocycles. The number of aromatic nitrogens is 2. The van der Waals surface area contributed by atoms with Crippen LogP contribution in [0.25, 0.3) is 11.0 Å². The lowest BCUT2D eigenvalue weighted by Gasteiger charge is -2.08. The third-order valence-electron chi connectivity index (χ3n) is 3.28. The summed E-state index contributed by atoms with van der Waals surface area (Å²) in [6.07, 6.45) is 1.54. The maximum Gasteiger partial charge on any atom is 0.270 e. The van der Waals surface area contributed by atoms with Gasteiger partial charge in [0.15, 0.2) is 5.65 Å². The van der Waals surface area contributed by atoms with E-state index in [2.05, 4.69) is 4.98 Å². The van der Waals surface area contributed by atoms with Gasteiger partial charge in [-0.15, -0.1) is 0 Å². The number of nitriles is 1. The lowest BCUT2D eigenvalue weighted by molar-refractivity contribution is 0.588. The summed E-state index contributed by atoms with van der Waals surface area (Å²) in [6.45, 7) is 1.85. The zero-order valence-corrected chi connectivity index (χ0v) is 12.0. The van der Waals surface area contributed by atoms with Crippen LogP contribution in [-0.4, -0.2) is 17.4 Å². The number of pyridine rings is 1. The molecule has 0 spiro atoms. The first-order chi connectivity index (χ1) is 10.1. The molecule has 0 unspecified atom stereocenters. The number of hydrogen-bond acceptors (Lipinski definition) is 4. The van der Waals surface area contributed by atoms with Crippen molar-refractivity contribution in [1.82, 2.24) is 8.96 Å². The molecule has 0 radical (unpaired) electrons. The van der Waals surface area contributed by atoms with Crippen molar-refractivity contribution < 1.29 is 8.42 Å². The van der Waals surface area contributed by atoms with Crippen LogP contribution in [0.2, 0.25) is 0 Å². The quantitative estimate of drug-likeness (QED) is 0.728. The Balaban J connectivity index is 2.41. The summed E-state index contributed by atoms with van der Waals surface area (Å²) in [4.78, 5) is 4.26. The zero-order valence-electron chi connectivity index (χ0n) is 11.2. The second kappa shape index (κ2) is 4.72. The van der Waals surface area contributed by atoms with E-state index in [1.807, 2.05) is 13.0 Å². The number of rotatable bonds is 2. The van der Waals surface area contributed by atoms with Crippen LogP contribution in [0.5, 0.6) is 0 Å². The zero-order chi connectivity index (χ0) is 15.0. The molecule has 0 aliphatic carbocycles. The van der Waals surface area contributed by atoms with Gasteiger partial charge < -0.3 is 0 Å². The molecule has 0 aliphatic rings. The van der Waals surface area contributed by atoms with Gasteiger partial charge in [0.25, 0.3) is 10.0 Å². The Morgan fingerprint density at radius 1 is 1.19 bits per heavy atom. The van der Waals surface area contributed by atoms with E-state index >= 15 is 0 Å². The van der Waals surface area contributed by atoms with Gasteiger partial charge >= 0.3 is 0 Å². The summed E-state index contributed by atoms with van der Waals surface area (Å²) in [5.74, 6) is 0. The van der Waals surface area contributed by atoms with E-state index in [-0.39, 0.29) is 16.2 Å². The maximum atomic E-state index is 12.8. The molecule has 3 aromatic rings. The third-order valence-corrected chi connectivity index (χ3v) is 4.99. The van der Waals surface area contributed by atoms with Gasteiger partial charge in [0.1, 0.15) is 11.8 Å². The highest BCUT2D eigenvalue weighted by Gasteiger charge is 2.24. The van der Waals surface area contributed by atoms with E-state index in [0.717, 1.165) is 9.54 Å². The average molecular weight is 297 g/mol. The van der Waals surface area contributed by atoms with Crippen molar-refractivity contribution in [1.29, 1.82) is 5.26 Å². The Labute approximate surface area is 122 Å². The van der Waals surface area contributed by atoms with Crippen molar-refractivity contribution in [2.45, 2.75) is 11.8 Å². The molecule has 6 heteroatoms.